The fourth-order valence-electron chi connectivity index (χ4n) is 9.63. The van der Waals surface area contributed by atoms with Crippen LogP contribution < -0.4 is 0 Å². The van der Waals surface area contributed by atoms with Gasteiger partial charge in [-0.25, -0.2) is 0 Å². The number of unbranched alkanes of at least 4 members (excludes halogenated alkanes) is 33. The Hall–Kier alpha value is -3.93. The first-order chi connectivity index (χ1) is 40.0. The molecule has 0 heterocycles. The molecule has 0 rings (SSSR count). The molecule has 0 aromatic carbocycles. The SMILES string of the molecule is CC/C=C\C/C=C\C/C=C\C/C=C\C/C=C\C/C=C\C/C=C\CCCCCCCCCC(=O)OCC(COC(=O)CCCCCCC/C=C\C/C=C\CCCCCC)OC(=O)CCCCCCCCCCCCCCCCCCCC. The van der Waals surface area contributed by atoms with Crippen LogP contribution in [0.15, 0.2) is 109 Å². The van der Waals surface area contributed by atoms with E-state index >= 15 is 0 Å². The number of ether oxygens (including phenoxy) is 3. The summed E-state index contributed by atoms with van der Waals surface area (Å²) in [6, 6.07) is 0. The molecule has 0 bridgehead atoms. The number of rotatable bonds is 62. The summed E-state index contributed by atoms with van der Waals surface area (Å²) < 4.78 is 17.0. The number of hydrogen-bond acceptors (Lipinski definition) is 6. The van der Waals surface area contributed by atoms with Gasteiger partial charge in [-0.2, -0.15) is 0 Å². The molecule has 6 nitrogen and oxygen atoms in total. The van der Waals surface area contributed by atoms with E-state index in [2.05, 4.69) is 130 Å². The summed E-state index contributed by atoms with van der Waals surface area (Å²) in [5, 5.41) is 0. The van der Waals surface area contributed by atoms with Gasteiger partial charge in [0, 0.05) is 19.3 Å². The standard InChI is InChI=1S/C75H128O6/c1-4-7-10-13-16-19-22-25-28-31-33-34-35-36-37-38-39-40-41-42-43-45-47-50-53-56-59-62-65-68-74(77)80-71-72(70-79-73(76)67-64-61-58-55-52-49-46-30-27-24-21-18-15-12-9-6-3)81-75(78)69-66-63-60-57-54-51-48-44-32-29-26-23-20-17-14-11-8-5-2/h7,10,16,19,21,24-25,28,30,33-34,36-37,39-40,42-43,46,72H,4-6,8-9,11-15,17-18,20,22-23,26-27,29,31-32,35,38,41,44-45,47-71H2,1-3H3/b10-7-,19-16-,24-21-,28-25-,34-33-,37-36-,40-39-,43-42-,46-30-. The van der Waals surface area contributed by atoms with Gasteiger partial charge >= 0.3 is 17.9 Å². The molecule has 6 heteroatoms. The fourth-order valence-corrected chi connectivity index (χ4v) is 9.63. The zero-order valence-corrected chi connectivity index (χ0v) is 53.3. The van der Waals surface area contributed by atoms with Crippen LogP contribution in [0.1, 0.15) is 329 Å². The lowest BCUT2D eigenvalue weighted by Crippen LogP contribution is -2.30. The van der Waals surface area contributed by atoms with Gasteiger partial charge in [0.15, 0.2) is 6.10 Å². The quantitative estimate of drug-likeness (QED) is 0.0261. The summed E-state index contributed by atoms with van der Waals surface area (Å²) in [5.41, 5.74) is 0. The first-order valence-electron chi connectivity index (χ1n) is 34.4. The van der Waals surface area contributed by atoms with Crippen LogP contribution in [0, 0.1) is 0 Å². The van der Waals surface area contributed by atoms with Crippen molar-refractivity contribution in [1.82, 2.24) is 0 Å². The average molecular weight is 1130 g/mol. The monoisotopic (exact) mass is 1120 g/mol. The van der Waals surface area contributed by atoms with Crippen LogP contribution in [0.25, 0.3) is 0 Å². The Morgan fingerprint density at radius 3 is 0.765 bits per heavy atom. The molecule has 0 spiro atoms. The maximum atomic E-state index is 12.9. The first kappa shape index (κ1) is 77.1. The van der Waals surface area contributed by atoms with Gasteiger partial charge in [0.05, 0.1) is 0 Å². The second-order valence-corrected chi connectivity index (χ2v) is 22.7. The summed E-state index contributed by atoms with van der Waals surface area (Å²) in [5.74, 6) is -0.896. The van der Waals surface area contributed by atoms with E-state index in [1.807, 2.05) is 0 Å². The summed E-state index contributed by atoms with van der Waals surface area (Å²) in [6.45, 7) is 6.53. The Morgan fingerprint density at radius 2 is 0.481 bits per heavy atom. The van der Waals surface area contributed by atoms with Crippen LogP contribution in [-0.2, 0) is 28.6 Å². The van der Waals surface area contributed by atoms with E-state index in [0.29, 0.717) is 19.3 Å². The van der Waals surface area contributed by atoms with Crippen LogP contribution in [0.5, 0.6) is 0 Å². The Labute approximate surface area is 501 Å². The second kappa shape index (κ2) is 68.6. The molecule has 0 aliphatic rings. The third-order valence-corrected chi connectivity index (χ3v) is 14.8. The maximum absolute atomic E-state index is 12.9. The van der Waals surface area contributed by atoms with E-state index in [1.165, 1.54) is 161 Å². The highest BCUT2D eigenvalue weighted by atomic mass is 16.6. The molecular formula is C75H128O6. The van der Waals surface area contributed by atoms with Crippen molar-refractivity contribution >= 4 is 17.9 Å². The zero-order valence-electron chi connectivity index (χ0n) is 53.3. The highest BCUT2D eigenvalue weighted by Crippen LogP contribution is 2.17. The van der Waals surface area contributed by atoms with Crippen molar-refractivity contribution in [3.05, 3.63) is 109 Å². The van der Waals surface area contributed by atoms with Gasteiger partial charge in [-0.1, -0.05) is 310 Å². The minimum Gasteiger partial charge on any atom is -0.462 e. The molecule has 464 valence electrons. The Balaban J connectivity index is 4.36. The Bertz CT molecular complexity index is 1620. The molecule has 0 N–H and O–H groups in total. The van der Waals surface area contributed by atoms with Crippen molar-refractivity contribution in [2.24, 2.45) is 0 Å². The van der Waals surface area contributed by atoms with Gasteiger partial charge in [-0.05, 0) is 109 Å². The van der Waals surface area contributed by atoms with E-state index in [0.717, 1.165) is 128 Å². The number of carbonyl (C=O) groups is 3. The third-order valence-electron chi connectivity index (χ3n) is 14.8. The van der Waals surface area contributed by atoms with Crippen molar-refractivity contribution in [1.29, 1.82) is 0 Å². The second-order valence-electron chi connectivity index (χ2n) is 22.7. The van der Waals surface area contributed by atoms with Gasteiger partial charge < -0.3 is 14.2 Å². The Morgan fingerprint density at radius 1 is 0.259 bits per heavy atom. The lowest BCUT2D eigenvalue weighted by atomic mass is 10.0. The van der Waals surface area contributed by atoms with Gasteiger partial charge in [0.1, 0.15) is 13.2 Å². The summed E-state index contributed by atoms with van der Waals surface area (Å²) in [7, 11) is 0. The molecule has 0 saturated carbocycles. The highest BCUT2D eigenvalue weighted by Gasteiger charge is 2.19. The molecule has 0 aromatic rings. The zero-order chi connectivity index (χ0) is 58.5. The van der Waals surface area contributed by atoms with Gasteiger partial charge in [-0.15, -0.1) is 0 Å². The average Bonchev–Trinajstić information content (AvgIpc) is 3.47. The molecule has 0 aliphatic heterocycles. The minimum absolute atomic E-state index is 0.0867. The van der Waals surface area contributed by atoms with E-state index in [-0.39, 0.29) is 31.1 Å². The number of carbonyl (C=O) groups excluding carboxylic acids is 3. The normalized spacial score (nSPS) is 12.8. The summed E-state index contributed by atoms with van der Waals surface area (Å²) in [6.07, 6.45) is 93.8. The van der Waals surface area contributed by atoms with E-state index < -0.39 is 6.10 Å². The van der Waals surface area contributed by atoms with Crippen molar-refractivity contribution in [3.63, 3.8) is 0 Å². The van der Waals surface area contributed by atoms with Gasteiger partial charge in [-0.3, -0.25) is 14.4 Å². The first-order valence-corrected chi connectivity index (χ1v) is 34.4. The summed E-state index contributed by atoms with van der Waals surface area (Å²) >= 11 is 0. The van der Waals surface area contributed by atoms with Crippen molar-refractivity contribution < 1.29 is 28.6 Å². The minimum atomic E-state index is -0.790. The smallest absolute Gasteiger partial charge is 0.306 e. The van der Waals surface area contributed by atoms with Crippen LogP contribution in [-0.4, -0.2) is 37.2 Å². The van der Waals surface area contributed by atoms with E-state index in [4.69, 9.17) is 14.2 Å². The molecular weight excluding hydrogens is 997 g/mol. The van der Waals surface area contributed by atoms with Crippen molar-refractivity contribution in [3.8, 4) is 0 Å². The van der Waals surface area contributed by atoms with Crippen LogP contribution >= 0.6 is 0 Å². The van der Waals surface area contributed by atoms with Crippen molar-refractivity contribution in [2.45, 2.75) is 335 Å². The Kier molecular flexibility index (Phi) is 65.2. The molecule has 0 fully saturated rings. The van der Waals surface area contributed by atoms with Gasteiger partial charge in [0.25, 0.3) is 0 Å². The summed E-state index contributed by atoms with van der Waals surface area (Å²) in [4.78, 5) is 38.4. The molecule has 0 amide bonds. The van der Waals surface area contributed by atoms with Crippen LogP contribution in [0.4, 0.5) is 0 Å². The number of esters is 3. The van der Waals surface area contributed by atoms with Crippen molar-refractivity contribution in [2.75, 3.05) is 13.2 Å². The lowest BCUT2D eigenvalue weighted by molar-refractivity contribution is -0.167. The molecule has 0 aliphatic carbocycles. The van der Waals surface area contributed by atoms with Crippen LogP contribution in [0.3, 0.4) is 0 Å². The maximum Gasteiger partial charge on any atom is 0.306 e. The van der Waals surface area contributed by atoms with E-state index in [9.17, 15) is 14.4 Å². The number of hydrogen-bond donors (Lipinski definition) is 0. The van der Waals surface area contributed by atoms with Crippen LogP contribution in [0.2, 0.25) is 0 Å². The third kappa shape index (κ3) is 66.8. The van der Waals surface area contributed by atoms with Gasteiger partial charge in [0.2, 0.25) is 0 Å². The molecule has 0 aromatic heterocycles. The highest BCUT2D eigenvalue weighted by molar-refractivity contribution is 5.71. The number of allylic oxidation sites excluding steroid dienone is 18. The molecule has 81 heavy (non-hydrogen) atoms. The predicted molar refractivity (Wildman–Crippen MR) is 353 cm³/mol. The molecule has 0 saturated heterocycles. The topological polar surface area (TPSA) is 78.9 Å². The van der Waals surface area contributed by atoms with E-state index in [1.54, 1.807) is 0 Å². The fraction of sp³-hybridized carbons (Fsp3) is 0.720. The molecule has 0 radical (unpaired) electrons. The molecule has 1 atom stereocenters. The molecule has 1 unspecified atom stereocenters. The largest absolute Gasteiger partial charge is 0.462 e. The predicted octanol–water partition coefficient (Wildman–Crippen LogP) is 23.8. The lowest BCUT2D eigenvalue weighted by Gasteiger charge is -2.18.